The van der Waals surface area contributed by atoms with Gasteiger partial charge in [-0.05, 0) is 67.1 Å². The molecule has 8 heteroatoms. The Hall–Kier alpha value is -3.54. The van der Waals surface area contributed by atoms with E-state index < -0.39 is 10.0 Å². The summed E-state index contributed by atoms with van der Waals surface area (Å²) in [6.45, 7) is 2.51. The summed E-state index contributed by atoms with van der Waals surface area (Å²) >= 11 is 6.00. The van der Waals surface area contributed by atoms with Crippen LogP contribution in [0.4, 0.5) is 0 Å². The number of piperidine rings is 1. The van der Waals surface area contributed by atoms with Crippen molar-refractivity contribution in [1.29, 1.82) is 5.26 Å². The number of pyridine rings is 1. The smallest absolute Gasteiger partial charge is 0.243 e. The van der Waals surface area contributed by atoms with E-state index in [9.17, 15) is 13.7 Å². The van der Waals surface area contributed by atoms with Crippen LogP contribution in [-0.4, -0.2) is 47.8 Å². The lowest BCUT2D eigenvalue weighted by Gasteiger charge is -2.38. The first-order chi connectivity index (χ1) is 19.9. The second kappa shape index (κ2) is 11.8. The van der Waals surface area contributed by atoms with Crippen molar-refractivity contribution >= 4 is 21.6 Å². The van der Waals surface area contributed by atoms with Crippen LogP contribution in [0.1, 0.15) is 36.8 Å². The van der Waals surface area contributed by atoms with Crippen LogP contribution in [0, 0.1) is 11.3 Å². The average Bonchev–Trinajstić information content (AvgIpc) is 3.84. The molecule has 1 aliphatic heterocycles. The van der Waals surface area contributed by atoms with Gasteiger partial charge in [-0.25, -0.2) is 8.42 Å². The minimum absolute atomic E-state index is 0.0145. The summed E-state index contributed by atoms with van der Waals surface area (Å²) in [5.74, 6) is 0. The normalized spacial score (nSPS) is 16.5. The molecule has 0 bridgehead atoms. The quantitative estimate of drug-likeness (QED) is 0.229. The zero-order valence-electron chi connectivity index (χ0n) is 22.7. The second-order valence-electron chi connectivity index (χ2n) is 10.8. The van der Waals surface area contributed by atoms with Crippen molar-refractivity contribution in [1.82, 2.24) is 14.2 Å². The molecule has 0 N–H and O–H groups in total. The highest BCUT2D eigenvalue weighted by atomic mass is 35.5. The summed E-state index contributed by atoms with van der Waals surface area (Å²) in [6, 6.07) is 29.2. The van der Waals surface area contributed by atoms with E-state index in [1.165, 1.54) is 5.56 Å². The number of sulfonamides is 1. The summed E-state index contributed by atoms with van der Waals surface area (Å²) in [4.78, 5) is 7.36. The van der Waals surface area contributed by atoms with E-state index in [0.29, 0.717) is 15.5 Å². The number of nitrogens with zero attached hydrogens (tertiary/aromatic N) is 4. The van der Waals surface area contributed by atoms with Crippen molar-refractivity contribution in [3.63, 3.8) is 0 Å². The monoisotopic (exact) mass is 582 g/mol. The zero-order chi connectivity index (χ0) is 28.4. The molecule has 0 unspecified atom stereocenters. The first-order valence-corrected chi connectivity index (χ1v) is 15.8. The van der Waals surface area contributed by atoms with Crippen LogP contribution in [0.25, 0.3) is 22.4 Å². The molecular weight excluding hydrogens is 552 g/mol. The third-order valence-corrected chi connectivity index (χ3v) is 10.2. The molecule has 1 saturated carbocycles. The molecule has 1 aliphatic carbocycles. The van der Waals surface area contributed by atoms with Crippen molar-refractivity contribution in [2.75, 3.05) is 13.1 Å². The molecule has 2 aliphatic rings. The number of hydrogen-bond acceptors (Lipinski definition) is 5. The highest BCUT2D eigenvalue weighted by Gasteiger charge is 2.43. The van der Waals surface area contributed by atoms with Gasteiger partial charge < -0.3 is 0 Å². The van der Waals surface area contributed by atoms with Gasteiger partial charge in [0.15, 0.2) is 0 Å². The number of rotatable bonds is 8. The van der Waals surface area contributed by atoms with Gasteiger partial charge in [-0.2, -0.15) is 9.57 Å². The SMILES string of the molecule is N#Cc1cnc(-c2ccc(CN3CCC(N(C4CC4)S(=O)(=O)c4ccc(Cl)cc4)CC3)cc2)c(-c2ccccc2)c1. The lowest BCUT2D eigenvalue weighted by atomic mass is 9.97. The van der Waals surface area contributed by atoms with Crippen LogP contribution in [-0.2, 0) is 16.6 Å². The Labute approximate surface area is 246 Å². The Balaban J connectivity index is 1.13. The van der Waals surface area contributed by atoms with E-state index in [0.717, 1.165) is 67.7 Å². The number of hydrogen-bond donors (Lipinski definition) is 0. The second-order valence-corrected chi connectivity index (χ2v) is 13.1. The van der Waals surface area contributed by atoms with E-state index in [2.05, 4.69) is 40.2 Å². The lowest BCUT2D eigenvalue weighted by molar-refractivity contribution is 0.150. The molecule has 208 valence electrons. The zero-order valence-corrected chi connectivity index (χ0v) is 24.2. The highest BCUT2D eigenvalue weighted by Crippen LogP contribution is 2.37. The molecule has 4 aromatic rings. The predicted octanol–water partition coefficient (Wildman–Crippen LogP) is 6.76. The molecule has 0 radical (unpaired) electrons. The molecule has 0 amide bonds. The van der Waals surface area contributed by atoms with Crippen LogP contribution in [0.2, 0.25) is 5.02 Å². The van der Waals surface area contributed by atoms with Gasteiger partial charge in [0.05, 0.1) is 16.2 Å². The van der Waals surface area contributed by atoms with Gasteiger partial charge >= 0.3 is 0 Å². The van der Waals surface area contributed by atoms with E-state index in [-0.39, 0.29) is 12.1 Å². The van der Waals surface area contributed by atoms with E-state index in [1.807, 2.05) is 36.4 Å². The molecule has 0 spiro atoms. The fraction of sp³-hybridized carbons (Fsp3) is 0.273. The fourth-order valence-electron chi connectivity index (χ4n) is 5.70. The third kappa shape index (κ3) is 6.07. The van der Waals surface area contributed by atoms with Crippen LogP contribution in [0.5, 0.6) is 0 Å². The maximum absolute atomic E-state index is 13.5. The van der Waals surface area contributed by atoms with Crippen molar-refractivity contribution in [2.45, 2.75) is 49.2 Å². The largest absolute Gasteiger partial charge is 0.299 e. The number of halogens is 1. The molecular formula is C33H31ClN4O2S. The van der Waals surface area contributed by atoms with Crippen molar-refractivity contribution < 1.29 is 8.42 Å². The summed E-state index contributed by atoms with van der Waals surface area (Å²) < 4.78 is 28.9. The van der Waals surface area contributed by atoms with Crippen LogP contribution in [0.15, 0.2) is 96.0 Å². The maximum atomic E-state index is 13.5. The minimum Gasteiger partial charge on any atom is -0.299 e. The van der Waals surface area contributed by atoms with Crippen molar-refractivity contribution in [2.24, 2.45) is 0 Å². The van der Waals surface area contributed by atoms with Crippen LogP contribution >= 0.6 is 11.6 Å². The first kappa shape index (κ1) is 27.6. The predicted molar refractivity (Wildman–Crippen MR) is 162 cm³/mol. The molecule has 3 aromatic carbocycles. The van der Waals surface area contributed by atoms with Gasteiger partial charge in [0.2, 0.25) is 10.0 Å². The van der Waals surface area contributed by atoms with Crippen molar-refractivity contribution in [3.05, 3.63) is 107 Å². The highest BCUT2D eigenvalue weighted by molar-refractivity contribution is 7.89. The van der Waals surface area contributed by atoms with Gasteiger partial charge in [-0.15, -0.1) is 0 Å². The summed E-state index contributed by atoms with van der Waals surface area (Å²) in [6.07, 6.45) is 5.12. The Bertz CT molecular complexity index is 1660. The Morgan fingerprint density at radius 3 is 2.17 bits per heavy atom. The van der Waals surface area contributed by atoms with E-state index >= 15 is 0 Å². The number of nitriles is 1. The summed E-state index contributed by atoms with van der Waals surface area (Å²) in [5.41, 5.74) is 5.56. The maximum Gasteiger partial charge on any atom is 0.243 e. The van der Waals surface area contributed by atoms with Gasteiger partial charge in [-0.3, -0.25) is 9.88 Å². The first-order valence-electron chi connectivity index (χ1n) is 14.0. The summed E-state index contributed by atoms with van der Waals surface area (Å²) in [7, 11) is -3.56. The topological polar surface area (TPSA) is 77.3 Å². The number of benzene rings is 3. The Morgan fingerprint density at radius 1 is 0.878 bits per heavy atom. The average molecular weight is 583 g/mol. The third-order valence-electron chi connectivity index (χ3n) is 7.95. The number of likely N-dealkylation sites (tertiary alicyclic amines) is 1. The van der Waals surface area contributed by atoms with Gasteiger partial charge in [-0.1, -0.05) is 66.2 Å². The van der Waals surface area contributed by atoms with E-state index in [4.69, 9.17) is 11.6 Å². The van der Waals surface area contributed by atoms with Gasteiger partial charge in [0.1, 0.15) is 6.07 Å². The van der Waals surface area contributed by atoms with Crippen molar-refractivity contribution in [3.8, 4) is 28.5 Å². The van der Waals surface area contributed by atoms with Crippen LogP contribution in [0.3, 0.4) is 0 Å². The molecule has 2 fully saturated rings. The molecule has 6 nitrogen and oxygen atoms in total. The fourth-order valence-corrected chi connectivity index (χ4v) is 7.76. The number of aromatic nitrogens is 1. The van der Waals surface area contributed by atoms with E-state index in [1.54, 1.807) is 34.8 Å². The molecule has 1 aromatic heterocycles. The van der Waals surface area contributed by atoms with Crippen LogP contribution < -0.4 is 0 Å². The Morgan fingerprint density at radius 2 is 1.54 bits per heavy atom. The standard InChI is InChI=1S/C33H31ClN4O2S/c34-28-10-14-31(15-11-28)41(39,40)38(29-12-13-29)30-16-18-37(19-17-30)23-24-6-8-27(9-7-24)33-32(20-25(21-35)22-36-33)26-4-2-1-3-5-26/h1-11,14-15,20,22,29-30H,12-13,16-19,23H2. The van der Waals surface area contributed by atoms with Gasteiger partial charge in [0, 0.05) is 54.1 Å². The molecule has 0 atom stereocenters. The lowest BCUT2D eigenvalue weighted by Crippen LogP contribution is -2.48. The molecule has 1 saturated heterocycles. The van der Waals surface area contributed by atoms with Gasteiger partial charge in [0.25, 0.3) is 0 Å². The molecule has 41 heavy (non-hydrogen) atoms. The molecule has 6 rings (SSSR count). The molecule has 2 heterocycles. The Kier molecular flexibility index (Phi) is 7.92. The summed E-state index contributed by atoms with van der Waals surface area (Å²) in [5, 5.41) is 9.94. The minimum atomic E-state index is -3.56.